The van der Waals surface area contributed by atoms with E-state index in [9.17, 15) is 4.79 Å². The minimum absolute atomic E-state index is 0.402. The number of nitrogens with one attached hydrogen (secondary N) is 1. The number of rotatable bonds is 4. The molecule has 0 bridgehead atoms. The number of hydrogen-bond acceptors (Lipinski definition) is 3. The lowest BCUT2D eigenvalue weighted by Gasteiger charge is -2.19. The highest BCUT2D eigenvalue weighted by Crippen LogP contribution is 2.05. The van der Waals surface area contributed by atoms with Crippen molar-refractivity contribution in [3.05, 3.63) is 12.3 Å². The Balaban J connectivity index is 3.70. The molecule has 1 N–H and O–H groups in total. The first kappa shape index (κ1) is 14.5. The Morgan fingerprint density at radius 1 is 1.44 bits per heavy atom. The zero-order valence-electron chi connectivity index (χ0n) is 10.7. The molecule has 0 aromatic carbocycles. The third-order valence-corrected chi connectivity index (χ3v) is 1.25. The van der Waals surface area contributed by atoms with E-state index < -0.39 is 11.7 Å². The molecule has 0 saturated carbocycles. The van der Waals surface area contributed by atoms with E-state index in [4.69, 9.17) is 4.74 Å². The molecule has 92 valence electrons. The molecule has 0 aliphatic carbocycles. The van der Waals surface area contributed by atoms with Crippen LogP contribution in [0.2, 0.25) is 0 Å². The van der Waals surface area contributed by atoms with E-state index in [1.165, 1.54) is 0 Å². The second kappa shape index (κ2) is 6.87. The lowest BCUT2D eigenvalue weighted by atomic mass is 10.2. The van der Waals surface area contributed by atoms with Crippen LogP contribution in [-0.2, 0) is 4.74 Å². The Morgan fingerprint density at radius 2 is 2.06 bits per heavy atom. The zero-order chi connectivity index (χ0) is 12.6. The normalized spacial score (nSPS) is 12.1. The highest BCUT2D eigenvalue weighted by molar-refractivity contribution is 5.67. The summed E-state index contributed by atoms with van der Waals surface area (Å²) in [6.45, 7) is 5.87. The van der Waals surface area contributed by atoms with Crippen molar-refractivity contribution in [1.29, 1.82) is 0 Å². The third kappa shape index (κ3) is 10.6. The first-order chi connectivity index (χ1) is 7.31. The molecule has 0 aromatic rings. The van der Waals surface area contributed by atoms with Crippen molar-refractivity contribution in [2.75, 3.05) is 20.6 Å². The molecular weight excluding hydrogens is 206 g/mol. The molecule has 16 heavy (non-hydrogen) atoms. The van der Waals surface area contributed by atoms with Gasteiger partial charge < -0.3 is 15.0 Å². The van der Waals surface area contributed by atoms with Crippen LogP contribution < -0.4 is 5.32 Å². The Bertz CT molecular complexity index is 265. The first-order valence-electron chi connectivity index (χ1n) is 5.13. The van der Waals surface area contributed by atoms with Gasteiger partial charge in [0.05, 0.1) is 6.34 Å². The number of aliphatic imine (C=N–C) groups is 1. The molecule has 0 spiro atoms. The molecular formula is C11H21N3O2. The summed E-state index contributed by atoms with van der Waals surface area (Å²) in [4.78, 5) is 17.0. The van der Waals surface area contributed by atoms with Crippen molar-refractivity contribution in [1.82, 2.24) is 10.2 Å². The minimum Gasteiger partial charge on any atom is -0.444 e. The molecule has 0 heterocycles. The Labute approximate surface area is 97.2 Å². The molecule has 0 saturated heterocycles. The van der Waals surface area contributed by atoms with Gasteiger partial charge in [-0.2, -0.15) is 0 Å². The minimum atomic E-state index is -0.461. The maximum absolute atomic E-state index is 11.2. The largest absolute Gasteiger partial charge is 0.444 e. The van der Waals surface area contributed by atoms with E-state index in [-0.39, 0.29) is 0 Å². The van der Waals surface area contributed by atoms with Gasteiger partial charge in [-0.15, -0.1) is 0 Å². The number of nitrogens with zero attached hydrogens (tertiary/aromatic N) is 2. The standard InChI is InChI=1S/C11H21N3O2/c1-11(2,3)16-10(15)13-8-6-7-12-9-14(4)5/h6-7,9H,8H2,1-5H3,(H,13,15)/b7-6+,12-9?. The fourth-order valence-electron chi connectivity index (χ4n) is 0.742. The van der Waals surface area contributed by atoms with Crippen LogP contribution in [0.1, 0.15) is 20.8 Å². The summed E-state index contributed by atoms with van der Waals surface area (Å²) in [6, 6.07) is 0. The van der Waals surface area contributed by atoms with Crippen LogP contribution in [0.4, 0.5) is 4.79 Å². The van der Waals surface area contributed by atoms with Crippen LogP contribution in [-0.4, -0.2) is 43.6 Å². The summed E-state index contributed by atoms with van der Waals surface area (Å²) in [5.41, 5.74) is -0.461. The molecule has 0 atom stereocenters. The Kier molecular flexibility index (Phi) is 6.22. The molecule has 0 radical (unpaired) electrons. The monoisotopic (exact) mass is 227 g/mol. The maximum Gasteiger partial charge on any atom is 0.407 e. The van der Waals surface area contributed by atoms with Crippen molar-refractivity contribution in [3.8, 4) is 0 Å². The van der Waals surface area contributed by atoms with E-state index in [2.05, 4.69) is 10.3 Å². The summed E-state index contributed by atoms with van der Waals surface area (Å²) in [7, 11) is 3.77. The fourth-order valence-corrected chi connectivity index (χ4v) is 0.742. The van der Waals surface area contributed by atoms with Crippen molar-refractivity contribution in [2.24, 2.45) is 4.99 Å². The molecule has 0 fully saturated rings. The SMILES string of the molecule is CN(C)C=N/C=C/CNC(=O)OC(C)(C)C. The molecule has 5 heteroatoms. The van der Waals surface area contributed by atoms with E-state index in [0.717, 1.165) is 0 Å². The van der Waals surface area contributed by atoms with Crippen molar-refractivity contribution >= 4 is 12.4 Å². The van der Waals surface area contributed by atoms with Gasteiger partial charge in [-0.05, 0) is 26.8 Å². The predicted octanol–water partition coefficient (Wildman–Crippen LogP) is 1.61. The number of alkyl carbamates (subject to hydrolysis) is 1. The molecule has 0 aromatic heterocycles. The molecule has 0 unspecified atom stereocenters. The van der Waals surface area contributed by atoms with Crippen LogP contribution in [0.25, 0.3) is 0 Å². The molecule has 1 amide bonds. The number of carbonyl (C=O) groups is 1. The smallest absolute Gasteiger partial charge is 0.407 e. The third-order valence-electron chi connectivity index (χ3n) is 1.25. The van der Waals surface area contributed by atoms with Crippen molar-refractivity contribution in [3.63, 3.8) is 0 Å². The zero-order valence-corrected chi connectivity index (χ0v) is 10.7. The second-order valence-electron chi connectivity index (χ2n) is 4.50. The van der Waals surface area contributed by atoms with Gasteiger partial charge in [0, 0.05) is 26.8 Å². The highest BCUT2D eigenvalue weighted by Gasteiger charge is 2.14. The van der Waals surface area contributed by atoms with Crippen LogP contribution in [0, 0.1) is 0 Å². The summed E-state index contributed by atoms with van der Waals surface area (Å²) in [5.74, 6) is 0. The van der Waals surface area contributed by atoms with Crippen LogP contribution in [0.5, 0.6) is 0 Å². The molecule has 0 aliphatic rings. The van der Waals surface area contributed by atoms with E-state index in [0.29, 0.717) is 6.54 Å². The molecule has 0 rings (SSSR count). The predicted molar refractivity (Wildman–Crippen MR) is 65.6 cm³/mol. The maximum atomic E-state index is 11.2. The lowest BCUT2D eigenvalue weighted by Crippen LogP contribution is -2.32. The van der Waals surface area contributed by atoms with Gasteiger partial charge in [-0.1, -0.05) is 0 Å². The van der Waals surface area contributed by atoms with Gasteiger partial charge in [0.15, 0.2) is 0 Å². The van der Waals surface area contributed by atoms with Crippen molar-refractivity contribution < 1.29 is 9.53 Å². The molecule has 5 nitrogen and oxygen atoms in total. The summed E-state index contributed by atoms with van der Waals surface area (Å²) in [6.07, 6.45) is 4.61. The van der Waals surface area contributed by atoms with E-state index >= 15 is 0 Å². The highest BCUT2D eigenvalue weighted by atomic mass is 16.6. The average molecular weight is 227 g/mol. The van der Waals surface area contributed by atoms with Gasteiger partial charge in [-0.25, -0.2) is 9.79 Å². The van der Waals surface area contributed by atoms with Gasteiger partial charge in [-0.3, -0.25) is 0 Å². The van der Waals surface area contributed by atoms with Gasteiger partial charge in [0.25, 0.3) is 0 Å². The first-order valence-corrected chi connectivity index (χ1v) is 5.13. The quantitative estimate of drug-likeness (QED) is 0.586. The topological polar surface area (TPSA) is 53.9 Å². The lowest BCUT2D eigenvalue weighted by molar-refractivity contribution is 0.0534. The number of ether oxygens (including phenoxy) is 1. The van der Waals surface area contributed by atoms with Crippen LogP contribution >= 0.6 is 0 Å². The summed E-state index contributed by atoms with van der Waals surface area (Å²) >= 11 is 0. The van der Waals surface area contributed by atoms with E-state index in [1.54, 1.807) is 18.6 Å². The Morgan fingerprint density at radius 3 is 2.56 bits per heavy atom. The Hall–Kier alpha value is -1.52. The van der Waals surface area contributed by atoms with Crippen molar-refractivity contribution in [2.45, 2.75) is 26.4 Å². The summed E-state index contributed by atoms with van der Waals surface area (Å²) < 4.78 is 5.05. The van der Waals surface area contributed by atoms with Crippen LogP contribution in [0.3, 0.4) is 0 Å². The number of carbonyl (C=O) groups excluding carboxylic acids is 1. The number of hydrogen-bond donors (Lipinski definition) is 1. The average Bonchev–Trinajstić information content (AvgIpc) is 2.07. The van der Waals surface area contributed by atoms with Gasteiger partial charge in [0.2, 0.25) is 0 Å². The fraction of sp³-hybridized carbons (Fsp3) is 0.636. The van der Waals surface area contributed by atoms with Gasteiger partial charge in [0.1, 0.15) is 5.60 Å². The van der Waals surface area contributed by atoms with Crippen LogP contribution in [0.15, 0.2) is 17.3 Å². The summed E-state index contributed by atoms with van der Waals surface area (Å²) in [5, 5.41) is 2.59. The molecule has 0 aliphatic heterocycles. The van der Waals surface area contributed by atoms with E-state index in [1.807, 2.05) is 39.8 Å². The number of amides is 1. The van der Waals surface area contributed by atoms with Gasteiger partial charge >= 0.3 is 6.09 Å². The second-order valence-corrected chi connectivity index (χ2v) is 4.50.